The lowest BCUT2D eigenvalue weighted by Gasteiger charge is -2.13. The highest BCUT2D eigenvalue weighted by molar-refractivity contribution is 7.84. The van der Waals surface area contributed by atoms with Crippen LogP contribution >= 0.6 is 11.6 Å². The lowest BCUT2D eigenvalue weighted by molar-refractivity contribution is 0.589. The van der Waals surface area contributed by atoms with Crippen LogP contribution < -0.4 is 0 Å². The van der Waals surface area contributed by atoms with Gasteiger partial charge in [0.05, 0.1) is 5.52 Å². The van der Waals surface area contributed by atoms with Gasteiger partial charge < -0.3 is 4.57 Å². The number of benzene rings is 1. The Morgan fingerprint density at radius 2 is 2.15 bits per heavy atom. The second-order valence-electron chi connectivity index (χ2n) is 4.64. The Labute approximate surface area is 123 Å². The van der Waals surface area contributed by atoms with Gasteiger partial charge in [-0.1, -0.05) is 0 Å². The number of hydrogen-bond donors (Lipinski definition) is 0. The summed E-state index contributed by atoms with van der Waals surface area (Å²) in [5, 5.41) is -0.146. The summed E-state index contributed by atoms with van der Waals surface area (Å²) in [6, 6.07) is 2.06. The molecule has 2 rings (SSSR count). The Hall–Kier alpha value is -1.01. The number of aromatic nitrogens is 2. The summed E-state index contributed by atoms with van der Waals surface area (Å²) in [7, 11) is -1.03. The zero-order valence-corrected chi connectivity index (χ0v) is 12.8. The van der Waals surface area contributed by atoms with Crippen LogP contribution in [0.15, 0.2) is 12.1 Å². The molecule has 0 aliphatic rings. The van der Waals surface area contributed by atoms with Crippen LogP contribution in [0.25, 0.3) is 11.0 Å². The first kappa shape index (κ1) is 15.4. The Morgan fingerprint density at radius 1 is 1.45 bits per heavy atom. The minimum Gasteiger partial charge on any atom is -0.327 e. The third-order valence-corrected chi connectivity index (χ3v) is 4.65. The lowest BCUT2D eigenvalue weighted by Crippen LogP contribution is -2.19. The summed E-state index contributed by atoms with van der Waals surface area (Å²) in [5.74, 6) is -0.438. The largest absolute Gasteiger partial charge is 0.327 e. The lowest BCUT2D eigenvalue weighted by atomic mass is 10.3. The summed E-state index contributed by atoms with van der Waals surface area (Å²) in [4.78, 5) is 4.19. The van der Waals surface area contributed by atoms with Crippen molar-refractivity contribution in [3.05, 3.63) is 29.6 Å². The van der Waals surface area contributed by atoms with Gasteiger partial charge >= 0.3 is 0 Å². The fourth-order valence-electron chi connectivity index (χ4n) is 2.04. The summed E-state index contributed by atoms with van der Waals surface area (Å²) >= 11 is 5.72. The second-order valence-corrected chi connectivity index (χ2v) is 6.82. The molecular formula is C13H15ClF2N2OS. The second kappa shape index (κ2) is 6.18. The van der Waals surface area contributed by atoms with Gasteiger partial charge in [-0.2, -0.15) is 0 Å². The highest BCUT2D eigenvalue weighted by Gasteiger charge is 2.18. The molecule has 1 aromatic carbocycles. The van der Waals surface area contributed by atoms with Crippen molar-refractivity contribution in [3.8, 4) is 0 Å². The van der Waals surface area contributed by atoms with E-state index in [2.05, 4.69) is 4.98 Å². The first-order valence-electron chi connectivity index (χ1n) is 6.16. The Kier molecular flexibility index (Phi) is 4.75. The van der Waals surface area contributed by atoms with Gasteiger partial charge in [-0.05, 0) is 13.0 Å². The van der Waals surface area contributed by atoms with Crippen LogP contribution in [0.5, 0.6) is 0 Å². The van der Waals surface area contributed by atoms with E-state index in [1.54, 1.807) is 10.8 Å². The maximum atomic E-state index is 13.8. The van der Waals surface area contributed by atoms with E-state index in [0.717, 1.165) is 6.07 Å². The van der Waals surface area contributed by atoms with Gasteiger partial charge in [0.15, 0.2) is 5.82 Å². The van der Waals surface area contributed by atoms with Gasteiger partial charge in [0.2, 0.25) is 0 Å². The van der Waals surface area contributed by atoms with Crippen LogP contribution in [-0.2, 0) is 23.8 Å². The molecule has 3 nitrogen and oxygen atoms in total. The van der Waals surface area contributed by atoms with Crippen molar-refractivity contribution >= 4 is 33.4 Å². The molecule has 0 aliphatic heterocycles. The van der Waals surface area contributed by atoms with Crippen LogP contribution in [-0.4, -0.2) is 31.1 Å². The monoisotopic (exact) mass is 320 g/mol. The molecule has 2 atom stereocenters. The Morgan fingerprint density at radius 3 is 2.75 bits per heavy atom. The zero-order chi connectivity index (χ0) is 14.9. The number of nitrogens with zero attached hydrogens (tertiary/aromatic N) is 2. The number of imidazole rings is 1. The molecule has 20 heavy (non-hydrogen) atoms. The first-order valence-corrected chi connectivity index (χ1v) is 8.32. The fraction of sp³-hybridized carbons (Fsp3) is 0.462. The molecule has 0 radical (unpaired) electrons. The molecule has 1 aromatic heterocycles. The van der Waals surface area contributed by atoms with Crippen molar-refractivity contribution in [1.29, 1.82) is 0 Å². The first-order chi connectivity index (χ1) is 9.43. The number of hydrogen-bond acceptors (Lipinski definition) is 2. The highest BCUT2D eigenvalue weighted by Crippen LogP contribution is 2.22. The van der Waals surface area contributed by atoms with E-state index in [1.165, 1.54) is 6.07 Å². The van der Waals surface area contributed by atoms with Crippen molar-refractivity contribution in [2.45, 2.75) is 25.1 Å². The van der Waals surface area contributed by atoms with Gasteiger partial charge in [-0.15, -0.1) is 11.6 Å². The molecule has 0 amide bonds. The topological polar surface area (TPSA) is 34.9 Å². The Bertz CT molecular complexity index is 659. The zero-order valence-electron chi connectivity index (χ0n) is 11.2. The highest BCUT2D eigenvalue weighted by atomic mass is 35.5. The fourth-order valence-corrected chi connectivity index (χ4v) is 2.57. The number of fused-ring (bicyclic) bond motifs is 1. The van der Waals surface area contributed by atoms with E-state index in [-0.39, 0.29) is 10.8 Å². The summed E-state index contributed by atoms with van der Waals surface area (Å²) in [6.45, 7) is 2.21. The van der Waals surface area contributed by atoms with E-state index in [1.807, 2.05) is 6.92 Å². The van der Waals surface area contributed by atoms with Crippen molar-refractivity contribution in [2.24, 2.45) is 0 Å². The molecule has 2 unspecified atom stereocenters. The van der Waals surface area contributed by atoms with Crippen LogP contribution in [0.2, 0.25) is 0 Å². The number of alkyl halides is 1. The molecule has 0 bridgehead atoms. The molecule has 0 fully saturated rings. The average molecular weight is 321 g/mol. The number of aryl methyl sites for hydroxylation is 1. The normalized spacial score (nSPS) is 14.7. The average Bonchev–Trinajstić information content (AvgIpc) is 2.69. The smallest absolute Gasteiger partial charge is 0.153 e. The van der Waals surface area contributed by atoms with Crippen molar-refractivity contribution in [1.82, 2.24) is 9.55 Å². The number of halogens is 3. The van der Waals surface area contributed by atoms with E-state index < -0.39 is 22.4 Å². The maximum Gasteiger partial charge on any atom is 0.153 e. The van der Waals surface area contributed by atoms with Gasteiger partial charge in [-0.3, -0.25) is 4.21 Å². The Balaban J connectivity index is 2.58. The van der Waals surface area contributed by atoms with E-state index in [4.69, 9.17) is 11.6 Å². The van der Waals surface area contributed by atoms with Crippen LogP contribution in [0.4, 0.5) is 8.78 Å². The predicted molar refractivity (Wildman–Crippen MR) is 77.6 cm³/mol. The van der Waals surface area contributed by atoms with Crippen LogP contribution in [0.3, 0.4) is 0 Å². The molecule has 0 aliphatic carbocycles. The summed E-state index contributed by atoms with van der Waals surface area (Å²) < 4.78 is 40.4. The molecular weight excluding hydrogens is 306 g/mol. The molecule has 0 saturated heterocycles. The van der Waals surface area contributed by atoms with E-state index in [0.29, 0.717) is 30.2 Å². The molecule has 2 aromatic rings. The molecule has 7 heteroatoms. The van der Waals surface area contributed by atoms with Crippen molar-refractivity contribution in [2.75, 3.05) is 12.1 Å². The molecule has 0 spiro atoms. The van der Waals surface area contributed by atoms with E-state index in [9.17, 15) is 13.0 Å². The molecule has 1 heterocycles. The van der Waals surface area contributed by atoms with Gasteiger partial charge in [0.1, 0.15) is 17.2 Å². The van der Waals surface area contributed by atoms with E-state index >= 15 is 0 Å². The SMILES string of the molecule is CC(Cn1c(CCCl)nc2c(F)cc(F)cc21)S(C)=O. The maximum absolute atomic E-state index is 13.8. The van der Waals surface area contributed by atoms with Crippen molar-refractivity contribution < 1.29 is 13.0 Å². The summed E-state index contributed by atoms with van der Waals surface area (Å²) in [5.41, 5.74) is 0.500. The number of rotatable bonds is 5. The molecule has 110 valence electrons. The molecule has 0 saturated carbocycles. The third-order valence-electron chi connectivity index (χ3n) is 3.18. The standard InChI is InChI=1S/C13H15ClF2N2OS/c1-8(20(2)19)7-18-11-6-9(15)5-10(16)13(11)17-12(18)3-4-14/h5-6,8H,3-4,7H2,1-2H3. The third kappa shape index (κ3) is 3.01. The van der Waals surface area contributed by atoms with Gasteiger partial charge in [-0.25, -0.2) is 13.8 Å². The van der Waals surface area contributed by atoms with Gasteiger partial charge in [0, 0.05) is 47.2 Å². The van der Waals surface area contributed by atoms with Crippen molar-refractivity contribution in [3.63, 3.8) is 0 Å². The minimum atomic E-state index is -1.03. The molecule has 0 N–H and O–H groups in total. The van der Waals surface area contributed by atoms with Crippen LogP contribution in [0, 0.1) is 11.6 Å². The summed E-state index contributed by atoms with van der Waals surface area (Å²) in [6.07, 6.45) is 2.05. The van der Waals surface area contributed by atoms with Crippen LogP contribution in [0.1, 0.15) is 12.7 Å². The van der Waals surface area contributed by atoms with Gasteiger partial charge in [0.25, 0.3) is 0 Å². The quantitative estimate of drug-likeness (QED) is 0.794. The predicted octanol–water partition coefficient (Wildman–Crippen LogP) is 2.86. The minimum absolute atomic E-state index is 0.126.